The molecule has 1 heterocycles. The van der Waals surface area contributed by atoms with Crippen molar-refractivity contribution in [2.75, 3.05) is 5.32 Å². The third-order valence-corrected chi connectivity index (χ3v) is 4.06. The Balaban J connectivity index is 1.83. The van der Waals surface area contributed by atoms with Gasteiger partial charge in [-0.3, -0.25) is 4.79 Å². The van der Waals surface area contributed by atoms with Crippen LogP contribution in [0.4, 0.5) is 10.1 Å². The first-order valence-electron chi connectivity index (χ1n) is 6.40. The number of aromatic nitrogens is 2. The summed E-state index contributed by atoms with van der Waals surface area (Å²) in [5, 5.41) is 7.35. The Kier molecular flexibility index (Phi) is 3.56. The summed E-state index contributed by atoms with van der Waals surface area (Å²) in [5.41, 5.74) is 1.22. The van der Waals surface area contributed by atoms with E-state index >= 15 is 0 Å². The molecule has 0 saturated heterocycles. The molecule has 0 unspecified atom stereocenters. The van der Waals surface area contributed by atoms with E-state index in [4.69, 9.17) is 0 Å². The number of hydrogen-bond acceptors (Lipinski definition) is 3. The van der Waals surface area contributed by atoms with Gasteiger partial charge < -0.3 is 5.32 Å². The first kappa shape index (κ1) is 13.3. The minimum atomic E-state index is -0.345. The number of rotatable bonds is 4. The lowest BCUT2D eigenvalue weighted by Gasteiger charge is -2.09. The molecule has 1 N–H and O–H groups in total. The number of benzene rings is 1. The lowest BCUT2D eigenvalue weighted by molar-refractivity contribution is 0.603. The molecule has 0 radical (unpaired) electrons. The average molecular weight is 338 g/mol. The summed E-state index contributed by atoms with van der Waals surface area (Å²) in [6, 6.07) is 6.75. The van der Waals surface area contributed by atoms with Gasteiger partial charge in [0.2, 0.25) is 0 Å². The van der Waals surface area contributed by atoms with Crippen molar-refractivity contribution in [1.29, 1.82) is 0 Å². The molecule has 0 aliphatic heterocycles. The normalized spacial score (nSPS) is 14.3. The van der Waals surface area contributed by atoms with Gasteiger partial charge in [0.05, 0.1) is 22.9 Å². The van der Waals surface area contributed by atoms with E-state index in [0.29, 0.717) is 16.1 Å². The van der Waals surface area contributed by atoms with Crippen LogP contribution < -0.4 is 10.9 Å². The van der Waals surface area contributed by atoms with Crippen molar-refractivity contribution < 1.29 is 4.39 Å². The standard InChI is InChI=1S/C14H13BrFN3O/c15-14-9(2-1-3-12(14)16)8-19-13(20)6-11(7-17-19)18-10-4-5-10/h1-3,6-7,10,18H,4-5,8H2. The van der Waals surface area contributed by atoms with Gasteiger partial charge in [-0.25, -0.2) is 9.07 Å². The van der Waals surface area contributed by atoms with Gasteiger partial charge >= 0.3 is 0 Å². The Morgan fingerprint density at radius 1 is 1.45 bits per heavy atom. The highest BCUT2D eigenvalue weighted by atomic mass is 79.9. The summed E-state index contributed by atoms with van der Waals surface area (Å²) in [4.78, 5) is 12.0. The van der Waals surface area contributed by atoms with E-state index in [1.807, 2.05) is 0 Å². The zero-order chi connectivity index (χ0) is 14.1. The molecule has 0 spiro atoms. The van der Waals surface area contributed by atoms with Crippen molar-refractivity contribution in [1.82, 2.24) is 9.78 Å². The van der Waals surface area contributed by atoms with Crippen molar-refractivity contribution in [2.24, 2.45) is 0 Å². The SMILES string of the molecule is O=c1cc(NC2CC2)cnn1Cc1cccc(F)c1Br. The molecule has 0 amide bonds. The quantitative estimate of drug-likeness (QED) is 0.933. The van der Waals surface area contributed by atoms with Crippen molar-refractivity contribution in [2.45, 2.75) is 25.4 Å². The van der Waals surface area contributed by atoms with Crippen LogP contribution in [0.1, 0.15) is 18.4 Å². The molecular weight excluding hydrogens is 325 g/mol. The molecule has 4 nitrogen and oxygen atoms in total. The van der Waals surface area contributed by atoms with Gasteiger partial charge in [0.15, 0.2) is 0 Å². The molecule has 1 aromatic heterocycles. The smallest absolute Gasteiger partial charge is 0.269 e. The summed E-state index contributed by atoms with van der Waals surface area (Å²) in [6.45, 7) is 0.237. The van der Waals surface area contributed by atoms with Crippen LogP contribution in [0.15, 0.2) is 39.7 Å². The van der Waals surface area contributed by atoms with Crippen molar-refractivity contribution >= 4 is 21.6 Å². The van der Waals surface area contributed by atoms with E-state index < -0.39 is 0 Å². The summed E-state index contributed by atoms with van der Waals surface area (Å²) in [5.74, 6) is -0.345. The summed E-state index contributed by atoms with van der Waals surface area (Å²) in [6.07, 6.45) is 3.91. The van der Waals surface area contributed by atoms with Crippen LogP contribution in [-0.2, 0) is 6.54 Å². The van der Waals surface area contributed by atoms with E-state index in [-0.39, 0.29) is 17.9 Å². The van der Waals surface area contributed by atoms with Crippen molar-refractivity contribution in [3.63, 3.8) is 0 Å². The van der Waals surface area contributed by atoms with Crippen LogP contribution in [-0.4, -0.2) is 15.8 Å². The number of anilines is 1. The van der Waals surface area contributed by atoms with Crippen molar-refractivity contribution in [3.05, 3.63) is 56.7 Å². The largest absolute Gasteiger partial charge is 0.381 e. The van der Waals surface area contributed by atoms with Crippen LogP contribution in [0.2, 0.25) is 0 Å². The Bertz CT molecular complexity index is 697. The van der Waals surface area contributed by atoms with Crippen LogP contribution >= 0.6 is 15.9 Å². The molecule has 6 heteroatoms. The molecule has 1 aliphatic carbocycles. The molecule has 20 heavy (non-hydrogen) atoms. The van der Waals surface area contributed by atoms with Gasteiger partial charge in [-0.15, -0.1) is 0 Å². The molecular formula is C14H13BrFN3O. The Morgan fingerprint density at radius 2 is 2.25 bits per heavy atom. The van der Waals surface area contributed by atoms with E-state index in [0.717, 1.165) is 18.5 Å². The predicted molar refractivity (Wildman–Crippen MR) is 78.3 cm³/mol. The second-order valence-corrected chi connectivity index (χ2v) is 5.66. The highest BCUT2D eigenvalue weighted by molar-refractivity contribution is 9.10. The molecule has 1 aliphatic rings. The van der Waals surface area contributed by atoms with E-state index in [9.17, 15) is 9.18 Å². The second kappa shape index (κ2) is 5.36. The third kappa shape index (κ3) is 2.90. The van der Waals surface area contributed by atoms with Crippen LogP contribution in [0, 0.1) is 5.82 Å². The zero-order valence-corrected chi connectivity index (χ0v) is 12.2. The molecule has 3 rings (SSSR count). The van der Waals surface area contributed by atoms with E-state index in [1.54, 1.807) is 18.3 Å². The van der Waals surface area contributed by atoms with Crippen LogP contribution in [0.25, 0.3) is 0 Å². The highest BCUT2D eigenvalue weighted by Gasteiger charge is 2.21. The fourth-order valence-electron chi connectivity index (χ4n) is 1.93. The summed E-state index contributed by atoms with van der Waals surface area (Å²) < 4.78 is 15.1. The lowest BCUT2D eigenvalue weighted by atomic mass is 10.2. The third-order valence-electron chi connectivity index (χ3n) is 3.17. The summed E-state index contributed by atoms with van der Waals surface area (Å²) in [7, 11) is 0. The average Bonchev–Trinajstić information content (AvgIpc) is 3.22. The molecule has 1 saturated carbocycles. The number of halogens is 2. The van der Waals surface area contributed by atoms with Gasteiger partial charge in [-0.2, -0.15) is 5.10 Å². The molecule has 0 atom stereocenters. The maximum atomic E-state index is 13.4. The fraction of sp³-hybridized carbons (Fsp3) is 0.286. The van der Waals surface area contributed by atoms with E-state index in [2.05, 4.69) is 26.3 Å². The zero-order valence-electron chi connectivity index (χ0n) is 10.6. The van der Waals surface area contributed by atoms with Gasteiger partial charge in [0.25, 0.3) is 5.56 Å². The Morgan fingerprint density at radius 3 is 2.95 bits per heavy atom. The fourth-order valence-corrected chi connectivity index (χ4v) is 2.32. The second-order valence-electron chi connectivity index (χ2n) is 4.87. The minimum absolute atomic E-state index is 0.202. The molecule has 2 aromatic rings. The number of nitrogens with zero attached hydrogens (tertiary/aromatic N) is 2. The van der Waals surface area contributed by atoms with Gasteiger partial charge in [0, 0.05) is 12.1 Å². The summed E-state index contributed by atoms with van der Waals surface area (Å²) >= 11 is 3.19. The first-order chi connectivity index (χ1) is 9.63. The molecule has 1 fully saturated rings. The van der Waals surface area contributed by atoms with Crippen LogP contribution in [0.3, 0.4) is 0 Å². The lowest BCUT2D eigenvalue weighted by Crippen LogP contribution is -2.23. The van der Waals surface area contributed by atoms with Gasteiger partial charge in [-0.05, 0) is 40.4 Å². The Labute approximate surface area is 123 Å². The maximum Gasteiger partial charge on any atom is 0.269 e. The number of nitrogens with one attached hydrogen (secondary N) is 1. The van der Waals surface area contributed by atoms with Gasteiger partial charge in [0.1, 0.15) is 5.82 Å². The minimum Gasteiger partial charge on any atom is -0.381 e. The van der Waals surface area contributed by atoms with Crippen molar-refractivity contribution in [3.8, 4) is 0 Å². The molecule has 0 bridgehead atoms. The maximum absolute atomic E-state index is 13.4. The Hall–Kier alpha value is -1.69. The van der Waals surface area contributed by atoms with E-state index in [1.165, 1.54) is 16.8 Å². The van der Waals surface area contributed by atoms with Gasteiger partial charge in [-0.1, -0.05) is 12.1 Å². The highest BCUT2D eigenvalue weighted by Crippen LogP contribution is 2.23. The van der Waals surface area contributed by atoms with Crippen LogP contribution in [0.5, 0.6) is 0 Å². The topological polar surface area (TPSA) is 46.9 Å². The molecule has 1 aromatic carbocycles. The molecule has 104 valence electrons. The first-order valence-corrected chi connectivity index (χ1v) is 7.19. The monoisotopic (exact) mass is 337 g/mol. The predicted octanol–water partition coefficient (Wildman–Crippen LogP) is 2.77. The number of hydrogen-bond donors (Lipinski definition) is 1.